The van der Waals surface area contributed by atoms with Gasteiger partial charge in [0.1, 0.15) is 23.7 Å². The molecule has 14 nitrogen and oxygen atoms in total. The van der Waals surface area contributed by atoms with Crippen LogP contribution in [0.5, 0.6) is 11.5 Å². The second-order valence-electron chi connectivity index (χ2n) is 17.8. The number of anilines is 2. The number of aryl methyl sites for hydroxylation is 2. The number of fused-ring (bicyclic) bond motifs is 1. The van der Waals surface area contributed by atoms with Gasteiger partial charge in [0.05, 0.1) is 53.0 Å². The van der Waals surface area contributed by atoms with Gasteiger partial charge < -0.3 is 41.2 Å². The van der Waals surface area contributed by atoms with Crippen LogP contribution in [0.3, 0.4) is 0 Å². The van der Waals surface area contributed by atoms with Crippen LogP contribution in [0.1, 0.15) is 100 Å². The second kappa shape index (κ2) is 21.1. The van der Waals surface area contributed by atoms with E-state index in [1.165, 1.54) is 18.1 Å². The largest absolute Gasteiger partial charge is 0.493 e. The summed E-state index contributed by atoms with van der Waals surface area (Å²) in [6.07, 6.45) is -2.46. The number of nitrogen functional groups attached to an aromatic ring is 1. The Morgan fingerprint density at radius 2 is 1.71 bits per heavy atom. The number of alkyl halides is 3. The number of nitrogens with one attached hydrogen (secondary N) is 3. The number of unbranched alkanes of at least 4 members (excludes halogenated alkanes) is 3. The van der Waals surface area contributed by atoms with E-state index in [9.17, 15) is 32.7 Å². The third kappa shape index (κ3) is 12.5. The van der Waals surface area contributed by atoms with Crippen molar-refractivity contribution in [3.63, 3.8) is 0 Å². The molecule has 18 heteroatoms. The molecule has 1 aliphatic rings. The lowest BCUT2D eigenvalue weighted by Crippen LogP contribution is -2.57. The Morgan fingerprint density at radius 3 is 2.38 bits per heavy atom. The van der Waals surface area contributed by atoms with Crippen molar-refractivity contribution in [2.24, 2.45) is 5.41 Å². The smallest absolute Gasteiger partial charge is 0.416 e. The van der Waals surface area contributed by atoms with Crippen molar-refractivity contribution in [2.75, 3.05) is 31.3 Å². The maximum atomic E-state index is 14.1. The lowest BCUT2D eigenvalue weighted by molar-refractivity contribution is -0.144. The van der Waals surface area contributed by atoms with Crippen molar-refractivity contribution in [3.05, 3.63) is 88.3 Å². The molecule has 1 saturated heterocycles. The van der Waals surface area contributed by atoms with Crippen LogP contribution in [0, 0.1) is 19.3 Å². The minimum absolute atomic E-state index is 0.00317. The molecule has 6 rings (SSSR count). The number of aliphatic hydroxyl groups excluding tert-OH is 1. The molecule has 2 aromatic heterocycles. The second-order valence-corrected chi connectivity index (χ2v) is 18.7. The zero-order valence-corrected chi connectivity index (χ0v) is 39.2. The normalized spacial score (nSPS) is 16.2. The number of benzene rings is 3. The summed E-state index contributed by atoms with van der Waals surface area (Å²) >= 11 is 1.56. The van der Waals surface area contributed by atoms with Crippen LogP contribution in [0.25, 0.3) is 21.3 Å². The molecule has 0 bridgehead atoms. The number of β-amino-alcohol motifs (C(OH)–C–C–N with tert-alkyl or cyclic N) is 1. The summed E-state index contributed by atoms with van der Waals surface area (Å²) in [6, 6.07) is 12.4. The maximum absolute atomic E-state index is 14.1. The summed E-state index contributed by atoms with van der Waals surface area (Å²) in [5.74, 6) is 0.660. The summed E-state index contributed by atoms with van der Waals surface area (Å²) in [5, 5.41) is 20.3. The third-order valence-electron chi connectivity index (χ3n) is 11.5. The monoisotopic (exact) mass is 932 g/mol. The van der Waals surface area contributed by atoms with Gasteiger partial charge in [0.2, 0.25) is 17.7 Å². The molecule has 354 valence electrons. The number of ether oxygens (including phenoxy) is 2. The fraction of sp³-hybridized carbons (Fsp3) is 0.458. The summed E-state index contributed by atoms with van der Waals surface area (Å²) in [5.41, 5.74) is 9.89. The Kier molecular flexibility index (Phi) is 15.8. The molecular formula is C48H59F3N8O6S. The first-order valence-corrected chi connectivity index (χ1v) is 22.9. The van der Waals surface area contributed by atoms with Gasteiger partial charge in [0.25, 0.3) is 0 Å². The number of carbonyl (C=O) groups is 3. The molecule has 0 radical (unpaired) electrons. The highest BCUT2D eigenvalue weighted by Crippen LogP contribution is 2.37. The maximum Gasteiger partial charge on any atom is 0.416 e. The Labute approximate surface area is 386 Å². The Morgan fingerprint density at radius 1 is 0.985 bits per heavy atom. The van der Waals surface area contributed by atoms with E-state index in [2.05, 4.69) is 30.9 Å². The number of hydrogen-bond acceptors (Lipinski definition) is 12. The molecule has 3 aromatic carbocycles. The number of aromatic nitrogens is 3. The van der Waals surface area contributed by atoms with Gasteiger partial charge in [-0.2, -0.15) is 13.2 Å². The molecule has 3 amide bonds. The average Bonchev–Trinajstić information content (AvgIpc) is 3.88. The van der Waals surface area contributed by atoms with E-state index >= 15 is 0 Å². The minimum Gasteiger partial charge on any atom is -0.493 e. The quantitative estimate of drug-likeness (QED) is 0.0419. The van der Waals surface area contributed by atoms with Crippen LogP contribution in [0.4, 0.5) is 24.7 Å². The van der Waals surface area contributed by atoms with Gasteiger partial charge in [0.15, 0.2) is 11.5 Å². The molecule has 0 aliphatic carbocycles. The van der Waals surface area contributed by atoms with Crippen LogP contribution in [-0.4, -0.2) is 81.1 Å². The van der Waals surface area contributed by atoms with Gasteiger partial charge in [-0.1, -0.05) is 57.9 Å². The number of nitrogens with zero attached hydrogens (tertiary/aromatic N) is 4. The molecule has 6 N–H and O–H groups in total. The fourth-order valence-corrected chi connectivity index (χ4v) is 8.76. The van der Waals surface area contributed by atoms with E-state index < -0.39 is 47.3 Å². The molecule has 0 unspecified atom stereocenters. The van der Waals surface area contributed by atoms with Gasteiger partial charge in [-0.05, 0) is 80.0 Å². The first-order chi connectivity index (χ1) is 31.2. The van der Waals surface area contributed by atoms with Crippen molar-refractivity contribution >= 4 is 51.5 Å². The fourth-order valence-electron chi connectivity index (χ4n) is 7.95. The molecular weight excluding hydrogens is 874 g/mol. The van der Waals surface area contributed by atoms with Crippen molar-refractivity contribution in [3.8, 4) is 21.9 Å². The highest BCUT2D eigenvalue weighted by molar-refractivity contribution is 7.13. The number of methoxy groups -OCH3 is 1. The Bertz CT molecular complexity index is 2510. The van der Waals surface area contributed by atoms with Crippen molar-refractivity contribution in [2.45, 2.75) is 117 Å². The number of hydrogen-bond donors (Lipinski definition) is 5. The van der Waals surface area contributed by atoms with Crippen LogP contribution in [0.15, 0.2) is 60.1 Å². The topological polar surface area (TPSA) is 194 Å². The van der Waals surface area contributed by atoms with Crippen LogP contribution in [0.2, 0.25) is 0 Å². The minimum atomic E-state index is -4.55. The number of aliphatic hydroxyl groups is 1. The van der Waals surface area contributed by atoms with E-state index in [1.807, 2.05) is 52.0 Å². The molecule has 1 fully saturated rings. The predicted molar refractivity (Wildman–Crippen MR) is 249 cm³/mol. The number of likely N-dealkylation sites (tertiary alicyclic amines) is 1. The highest BCUT2D eigenvalue weighted by atomic mass is 32.1. The summed E-state index contributed by atoms with van der Waals surface area (Å²) in [7, 11) is 1.52. The molecule has 1 aliphatic heterocycles. The molecule has 3 heterocycles. The van der Waals surface area contributed by atoms with Crippen LogP contribution in [-0.2, 0) is 27.1 Å². The molecule has 0 spiro atoms. The van der Waals surface area contributed by atoms with E-state index in [4.69, 9.17) is 15.2 Å². The molecule has 66 heavy (non-hydrogen) atoms. The van der Waals surface area contributed by atoms with E-state index in [-0.39, 0.29) is 43.4 Å². The highest BCUT2D eigenvalue weighted by Gasteiger charge is 2.44. The SMILES string of the molecule is COc1cc2nc(C)nc(N[C@H](C)c3cc(N)cc(C(F)(F)F)c3)c2cc1OCCCCCCC(=O)N[C@H](C(=O)N1C[C@H](O)C[C@H]1C(=O)NCc1ccc(-c2scnc2C)cc1)C(C)(C)C. The molecule has 0 saturated carbocycles. The summed E-state index contributed by atoms with van der Waals surface area (Å²) in [4.78, 5) is 56.7. The number of rotatable bonds is 18. The predicted octanol–water partition coefficient (Wildman–Crippen LogP) is 8.29. The van der Waals surface area contributed by atoms with E-state index in [0.717, 1.165) is 40.3 Å². The molecule has 4 atom stereocenters. The third-order valence-corrected chi connectivity index (χ3v) is 12.5. The van der Waals surface area contributed by atoms with E-state index in [1.54, 1.807) is 42.8 Å². The lowest BCUT2D eigenvalue weighted by Gasteiger charge is -2.35. The number of thiazole rings is 1. The first kappa shape index (κ1) is 49.4. The standard InChI is InChI=1S/C48H59F3N8O6S/c1-27(32-18-33(48(49,50)51)20-34(52)19-32)55-44-36-22-40(39(64-7)23-37(36)56-29(3)57-44)65-17-11-9-8-10-12-41(61)58-43(47(4,5)6)46(63)59-25-35(60)21-38(59)45(62)53-24-30-13-15-31(16-14-30)42-28(2)54-26-66-42/h13-16,18-20,22-23,26-27,35,38,43,60H,8-12,17,21,24-25,52H2,1-7H3,(H,53,62)(H,58,61)(H,55,56,57)/t27-,35-,38+,43-/m1/s1. The van der Waals surface area contributed by atoms with Gasteiger partial charge in [-0.25, -0.2) is 15.0 Å². The van der Waals surface area contributed by atoms with Gasteiger partial charge >= 0.3 is 6.18 Å². The number of nitrogens with two attached hydrogens (primary N) is 1. The zero-order chi connectivity index (χ0) is 47.9. The number of halogens is 3. The number of carbonyl (C=O) groups excluding carboxylic acids is 3. The van der Waals surface area contributed by atoms with Crippen molar-refractivity contribution in [1.29, 1.82) is 0 Å². The lowest BCUT2D eigenvalue weighted by atomic mass is 9.85. The van der Waals surface area contributed by atoms with Crippen LogP contribution >= 0.6 is 11.3 Å². The van der Waals surface area contributed by atoms with Gasteiger partial charge in [-0.15, -0.1) is 11.3 Å². The Hall–Kier alpha value is -6.01. The zero-order valence-electron chi connectivity index (χ0n) is 38.3. The average molecular weight is 933 g/mol. The van der Waals surface area contributed by atoms with Crippen molar-refractivity contribution < 1.29 is 42.1 Å². The van der Waals surface area contributed by atoms with Gasteiger partial charge in [0, 0.05) is 43.1 Å². The van der Waals surface area contributed by atoms with Crippen molar-refractivity contribution in [1.82, 2.24) is 30.5 Å². The Balaban J connectivity index is 0.986. The number of amides is 3. The summed E-state index contributed by atoms with van der Waals surface area (Å²) < 4.78 is 52.4. The van der Waals surface area contributed by atoms with Gasteiger partial charge in [-0.3, -0.25) is 14.4 Å². The molecule has 5 aromatic rings. The van der Waals surface area contributed by atoms with E-state index in [0.29, 0.717) is 65.5 Å². The summed E-state index contributed by atoms with van der Waals surface area (Å²) in [6.45, 7) is 11.5. The van der Waals surface area contributed by atoms with Crippen LogP contribution < -0.4 is 31.2 Å². The first-order valence-electron chi connectivity index (χ1n) is 22.0.